The molecular weight excluding hydrogens is 357 g/mol. The number of carbonyl (C=O) groups excluding carboxylic acids is 2. The average molecular weight is 376 g/mol. The zero-order valence-electron chi connectivity index (χ0n) is 14.9. The van der Waals surface area contributed by atoms with Gasteiger partial charge in [-0.1, -0.05) is 17.2 Å². The molecule has 1 fully saturated rings. The average Bonchev–Trinajstić information content (AvgIpc) is 3.39. The quantitative estimate of drug-likeness (QED) is 0.795. The van der Waals surface area contributed by atoms with Gasteiger partial charge in [0.25, 0.3) is 5.91 Å². The number of halogens is 3. The van der Waals surface area contributed by atoms with Gasteiger partial charge in [0.2, 0.25) is 5.91 Å². The fourth-order valence-electron chi connectivity index (χ4n) is 2.86. The van der Waals surface area contributed by atoms with E-state index in [4.69, 9.17) is 0 Å². The number of aryl methyl sites for hydroxylation is 2. The minimum Gasteiger partial charge on any atom is -0.326 e. The Bertz CT molecular complexity index is 882. The van der Waals surface area contributed by atoms with Gasteiger partial charge < -0.3 is 10.6 Å². The number of hydrogen-bond donors (Lipinski definition) is 2. The Kier molecular flexibility index (Phi) is 4.95. The molecular formula is C20H19F3N2O2. The van der Waals surface area contributed by atoms with Crippen molar-refractivity contribution in [3.63, 3.8) is 0 Å². The molecule has 0 spiro atoms. The van der Waals surface area contributed by atoms with E-state index in [0.717, 1.165) is 36.1 Å². The Morgan fingerprint density at radius 3 is 2.15 bits per heavy atom. The molecule has 2 aromatic rings. The summed E-state index contributed by atoms with van der Waals surface area (Å²) in [5.74, 6) is -1.03. The fraction of sp³-hybridized carbons (Fsp3) is 0.300. The number of benzene rings is 2. The summed E-state index contributed by atoms with van der Waals surface area (Å²) in [6.07, 6.45) is -3.17. The molecule has 0 radical (unpaired) electrons. The fourth-order valence-corrected chi connectivity index (χ4v) is 2.86. The van der Waals surface area contributed by atoms with Crippen molar-refractivity contribution in [1.82, 2.24) is 0 Å². The van der Waals surface area contributed by atoms with Gasteiger partial charge in [-0.15, -0.1) is 0 Å². The van der Waals surface area contributed by atoms with E-state index in [1.54, 1.807) is 12.1 Å². The number of nitrogens with one attached hydrogen (secondary N) is 2. The topological polar surface area (TPSA) is 58.2 Å². The minimum absolute atomic E-state index is 0.0589. The van der Waals surface area contributed by atoms with Crippen molar-refractivity contribution in [2.24, 2.45) is 5.92 Å². The van der Waals surface area contributed by atoms with Crippen LogP contribution in [-0.4, -0.2) is 11.8 Å². The summed E-state index contributed by atoms with van der Waals surface area (Å²) in [4.78, 5) is 24.2. The second-order valence-electron chi connectivity index (χ2n) is 6.85. The maximum absolute atomic E-state index is 13.5. The highest BCUT2D eigenvalue weighted by atomic mass is 19.4. The number of rotatable bonds is 4. The predicted molar refractivity (Wildman–Crippen MR) is 96.7 cm³/mol. The van der Waals surface area contributed by atoms with Crippen molar-refractivity contribution >= 4 is 23.2 Å². The van der Waals surface area contributed by atoms with E-state index in [2.05, 4.69) is 10.6 Å². The van der Waals surface area contributed by atoms with Gasteiger partial charge in [-0.2, -0.15) is 13.2 Å². The maximum Gasteiger partial charge on any atom is 0.418 e. The minimum atomic E-state index is -4.68. The SMILES string of the molecule is Cc1cc(C)cc(C(=O)Nc2ccc(NC(=O)C3CC3)cc2C(F)(F)F)c1. The zero-order chi connectivity index (χ0) is 19.8. The van der Waals surface area contributed by atoms with Crippen LogP contribution in [0, 0.1) is 19.8 Å². The summed E-state index contributed by atoms with van der Waals surface area (Å²) >= 11 is 0. The van der Waals surface area contributed by atoms with Crippen LogP contribution in [0.2, 0.25) is 0 Å². The van der Waals surface area contributed by atoms with Crippen LogP contribution >= 0.6 is 0 Å². The first-order valence-corrected chi connectivity index (χ1v) is 8.55. The van der Waals surface area contributed by atoms with Crippen LogP contribution in [0.3, 0.4) is 0 Å². The first-order chi connectivity index (χ1) is 12.6. The highest BCUT2D eigenvalue weighted by Crippen LogP contribution is 2.37. The van der Waals surface area contributed by atoms with Gasteiger partial charge in [-0.25, -0.2) is 0 Å². The van der Waals surface area contributed by atoms with E-state index >= 15 is 0 Å². The Morgan fingerprint density at radius 2 is 1.59 bits per heavy atom. The Morgan fingerprint density at radius 1 is 0.963 bits per heavy atom. The lowest BCUT2D eigenvalue weighted by Gasteiger charge is -2.16. The van der Waals surface area contributed by atoms with Crippen molar-refractivity contribution in [2.45, 2.75) is 32.9 Å². The Balaban J connectivity index is 1.87. The zero-order valence-corrected chi connectivity index (χ0v) is 14.9. The van der Waals surface area contributed by atoms with Crippen molar-refractivity contribution in [2.75, 3.05) is 10.6 Å². The third-order valence-electron chi connectivity index (χ3n) is 4.27. The molecule has 1 aliphatic carbocycles. The monoisotopic (exact) mass is 376 g/mol. The summed E-state index contributed by atoms with van der Waals surface area (Å²) in [5, 5.41) is 4.82. The summed E-state index contributed by atoms with van der Waals surface area (Å²) in [6.45, 7) is 3.62. The van der Waals surface area contributed by atoms with Gasteiger partial charge in [0.1, 0.15) is 0 Å². The third kappa shape index (κ3) is 4.67. The van der Waals surface area contributed by atoms with Crippen LogP contribution in [0.5, 0.6) is 0 Å². The van der Waals surface area contributed by atoms with E-state index in [0.29, 0.717) is 0 Å². The van der Waals surface area contributed by atoms with E-state index in [1.807, 2.05) is 19.9 Å². The number of amides is 2. The number of carbonyl (C=O) groups is 2. The van der Waals surface area contributed by atoms with E-state index in [9.17, 15) is 22.8 Å². The van der Waals surface area contributed by atoms with Crippen LogP contribution in [0.4, 0.5) is 24.5 Å². The number of hydrogen-bond acceptors (Lipinski definition) is 2. The molecule has 0 atom stereocenters. The van der Waals surface area contributed by atoms with Gasteiger partial charge in [0.15, 0.2) is 0 Å². The van der Waals surface area contributed by atoms with Crippen LogP contribution in [0.25, 0.3) is 0 Å². The summed E-state index contributed by atoms with van der Waals surface area (Å²) in [7, 11) is 0. The van der Waals surface area contributed by atoms with Crippen LogP contribution in [-0.2, 0) is 11.0 Å². The summed E-state index contributed by atoms with van der Waals surface area (Å²) in [5.41, 5.74) is 0.670. The lowest BCUT2D eigenvalue weighted by atomic mass is 10.1. The first-order valence-electron chi connectivity index (χ1n) is 8.55. The number of anilines is 2. The molecule has 0 aromatic heterocycles. The Hall–Kier alpha value is -2.83. The van der Waals surface area contributed by atoms with Gasteiger partial charge in [0.05, 0.1) is 11.3 Å². The van der Waals surface area contributed by atoms with E-state index < -0.39 is 17.6 Å². The molecule has 0 aliphatic heterocycles. The normalized spacial score (nSPS) is 14.0. The molecule has 0 bridgehead atoms. The molecule has 2 amide bonds. The molecule has 2 N–H and O–H groups in total. The smallest absolute Gasteiger partial charge is 0.326 e. The molecule has 27 heavy (non-hydrogen) atoms. The molecule has 2 aromatic carbocycles. The predicted octanol–water partition coefficient (Wildman–Crippen LogP) is 4.92. The molecule has 1 aliphatic rings. The maximum atomic E-state index is 13.5. The molecule has 4 nitrogen and oxygen atoms in total. The van der Waals surface area contributed by atoms with E-state index in [-0.39, 0.29) is 28.8 Å². The molecule has 0 unspecified atom stereocenters. The lowest BCUT2D eigenvalue weighted by Crippen LogP contribution is -2.18. The Labute approximate surface area is 154 Å². The van der Waals surface area contributed by atoms with Crippen LogP contribution in [0.1, 0.15) is 39.9 Å². The molecule has 1 saturated carbocycles. The van der Waals surface area contributed by atoms with Crippen molar-refractivity contribution in [3.8, 4) is 0 Å². The van der Waals surface area contributed by atoms with E-state index in [1.165, 1.54) is 6.07 Å². The molecule has 142 valence electrons. The second kappa shape index (κ2) is 7.06. The van der Waals surface area contributed by atoms with Gasteiger partial charge in [0, 0.05) is 17.2 Å². The van der Waals surface area contributed by atoms with Crippen molar-refractivity contribution < 1.29 is 22.8 Å². The first kappa shape index (κ1) is 18.9. The van der Waals surface area contributed by atoms with Gasteiger partial charge in [-0.3, -0.25) is 9.59 Å². The highest BCUT2D eigenvalue weighted by Gasteiger charge is 2.35. The van der Waals surface area contributed by atoms with Crippen molar-refractivity contribution in [3.05, 3.63) is 58.7 Å². The third-order valence-corrected chi connectivity index (χ3v) is 4.27. The lowest BCUT2D eigenvalue weighted by molar-refractivity contribution is -0.137. The standard InChI is InChI=1S/C20H19F3N2O2/c1-11-7-12(2)9-14(8-11)19(27)25-17-6-5-15(10-16(17)20(21,22)23)24-18(26)13-3-4-13/h5-10,13H,3-4H2,1-2H3,(H,24,26)(H,25,27). The molecule has 0 heterocycles. The van der Waals surface area contributed by atoms with Gasteiger partial charge >= 0.3 is 6.18 Å². The molecule has 3 rings (SSSR count). The van der Waals surface area contributed by atoms with Crippen LogP contribution < -0.4 is 10.6 Å². The highest BCUT2D eigenvalue weighted by molar-refractivity contribution is 6.05. The largest absolute Gasteiger partial charge is 0.418 e. The second-order valence-corrected chi connectivity index (χ2v) is 6.85. The molecule has 0 saturated heterocycles. The van der Waals surface area contributed by atoms with Crippen molar-refractivity contribution in [1.29, 1.82) is 0 Å². The molecule has 7 heteroatoms. The number of alkyl halides is 3. The summed E-state index contributed by atoms with van der Waals surface area (Å²) in [6, 6.07) is 8.45. The van der Waals surface area contributed by atoms with Crippen LogP contribution in [0.15, 0.2) is 36.4 Å². The summed E-state index contributed by atoms with van der Waals surface area (Å²) < 4.78 is 40.4. The van der Waals surface area contributed by atoms with Gasteiger partial charge in [-0.05, 0) is 57.0 Å².